The Hall–Kier alpha value is -2.20. The minimum absolute atomic E-state index is 0.0555. The van der Waals surface area contributed by atoms with Crippen LogP contribution in [-0.2, 0) is 6.54 Å². The molecule has 0 aliphatic carbocycles. The molecule has 0 amide bonds. The van der Waals surface area contributed by atoms with Crippen LogP contribution in [0.5, 0.6) is 0 Å². The first-order valence-electron chi connectivity index (χ1n) is 4.95. The van der Waals surface area contributed by atoms with Crippen LogP contribution in [0.3, 0.4) is 0 Å². The van der Waals surface area contributed by atoms with Gasteiger partial charge in [0.15, 0.2) is 5.82 Å². The summed E-state index contributed by atoms with van der Waals surface area (Å²) >= 11 is 1.01. The normalized spacial score (nSPS) is 10.1. The monoisotopic (exact) mass is 266 g/mol. The third-order valence-electron chi connectivity index (χ3n) is 2.28. The maximum absolute atomic E-state index is 13.4. The predicted molar refractivity (Wildman–Crippen MR) is 64.9 cm³/mol. The van der Waals surface area contributed by atoms with Crippen molar-refractivity contribution in [2.45, 2.75) is 6.54 Å². The zero-order chi connectivity index (χ0) is 13.1. The van der Waals surface area contributed by atoms with Crippen LogP contribution in [0.1, 0.15) is 11.1 Å². The van der Waals surface area contributed by atoms with Crippen LogP contribution >= 0.6 is 11.5 Å². The molecule has 0 bridgehead atoms. The lowest BCUT2D eigenvalue weighted by Crippen LogP contribution is -2.02. The molecular formula is C11H8F2N4S. The van der Waals surface area contributed by atoms with E-state index in [-0.39, 0.29) is 23.5 Å². The molecule has 0 spiro atoms. The molecule has 18 heavy (non-hydrogen) atoms. The second-order valence-corrected chi connectivity index (χ2v) is 4.25. The fourth-order valence-electron chi connectivity index (χ4n) is 1.39. The summed E-state index contributed by atoms with van der Waals surface area (Å²) in [5, 5.41) is 12.1. The highest BCUT2D eigenvalue weighted by Gasteiger charge is 2.11. The number of aromatic nitrogens is 1. The lowest BCUT2D eigenvalue weighted by molar-refractivity contribution is 0.588. The molecule has 1 aromatic heterocycles. The van der Waals surface area contributed by atoms with Crippen molar-refractivity contribution in [3.05, 3.63) is 41.0 Å². The maximum atomic E-state index is 13.4. The Morgan fingerprint density at radius 1 is 1.44 bits per heavy atom. The van der Waals surface area contributed by atoms with E-state index >= 15 is 0 Å². The highest BCUT2D eigenvalue weighted by Crippen LogP contribution is 2.26. The van der Waals surface area contributed by atoms with Gasteiger partial charge in [0, 0.05) is 12.1 Å². The molecule has 3 N–H and O–H groups in total. The fourth-order valence-corrected chi connectivity index (χ4v) is 2.04. The molecule has 1 heterocycles. The fraction of sp³-hybridized carbons (Fsp3) is 0.0909. The van der Waals surface area contributed by atoms with E-state index < -0.39 is 11.6 Å². The Bertz CT molecular complexity index is 616. The van der Waals surface area contributed by atoms with E-state index in [1.807, 2.05) is 6.07 Å². The second kappa shape index (κ2) is 4.98. The summed E-state index contributed by atoms with van der Waals surface area (Å²) in [4.78, 5) is 0. The summed E-state index contributed by atoms with van der Waals surface area (Å²) < 4.78 is 30.1. The Balaban J connectivity index is 2.17. The lowest BCUT2D eigenvalue weighted by atomic mass is 10.2. The van der Waals surface area contributed by atoms with Crippen molar-refractivity contribution in [2.24, 2.45) is 0 Å². The number of hydrogen-bond acceptors (Lipinski definition) is 5. The minimum atomic E-state index is -0.516. The summed E-state index contributed by atoms with van der Waals surface area (Å²) in [6.45, 7) is 0.0555. The standard InChI is InChI=1S/C11H8F2N4S/c12-7-1-2-9(13)6(3-7)5-16-11-8(4-14)10(15)17-18-11/h1-3,16H,5H2,(H2,15,17). The van der Waals surface area contributed by atoms with Crippen molar-refractivity contribution in [3.63, 3.8) is 0 Å². The SMILES string of the molecule is N#Cc1c(N)nsc1NCc1cc(F)ccc1F. The molecule has 0 saturated heterocycles. The van der Waals surface area contributed by atoms with Gasteiger partial charge in [-0.2, -0.15) is 9.64 Å². The van der Waals surface area contributed by atoms with Crippen LogP contribution in [0, 0.1) is 23.0 Å². The molecular weight excluding hydrogens is 258 g/mol. The number of anilines is 2. The van der Waals surface area contributed by atoms with E-state index in [1.54, 1.807) is 0 Å². The van der Waals surface area contributed by atoms with E-state index in [1.165, 1.54) is 0 Å². The van der Waals surface area contributed by atoms with Gasteiger partial charge in [-0.3, -0.25) is 0 Å². The number of nitrogens with zero attached hydrogens (tertiary/aromatic N) is 2. The molecule has 0 fully saturated rings. The molecule has 0 unspecified atom stereocenters. The summed E-state index contributed by atoms with van der Waals surface area (Å²) in [5.74, 6) is -0.901. The Morgan fingerprint density at radius 3 is 2.94 bits per heavy atom. The third-order valence-corrected chi connectivity index (χ3v) is 3.10. The zero-order valence-electron chi connectivity index (χ0n) is 9.08. The van der Waals surface area contributed by atoms with Crippen molar-refractivity contribution in [2.75, 3.05) is 11.1 Å². The van der Waals surface area contributed by atoms with Crippen LogP contribution in [0.15, 0.2) is 18.2 Å². The molecule has 0 atom stereocenters. The highest BCUT2D eigenvalue weighted by atomic mass is 32.1. The third kappa shape index (κ3) is 2.38. The molecule has 2 rings (SSSR count). The summed E-state index contributed by atoms with van der Waals surface area (Å²) in [7, 11) is 0. The molecule has 4 nitrogen and oxygen atoms in total. The van der Waals surface area contributed by atoms with Crippen LogP contribution in [0.2, 0.25) is 0 Å². The number of rotatable bonds is 3. The summed E-state index contributed by atoms with van der Waals surface area (Å²) in [6.07, 6.45) is 0. The zero-order valence-corrected chi connectivity index (χ0v) is 9.89. The van der Waals surface area contributed by atoms with Gasteiger partial charge in [-0.1, -0.05) is 0 Å². The topological polar surface area (TPSA) is 74.7 Å². The Kier molecular flexibility index (Phi) is 3.39. The number of nitrogens with one attached hydrogen (secondary N) is 1. The average Bonchev–Trinajstić information content (AvgIpc) is 2.71. The van der Waals surface area contributed by atoms with Crippen LogP contribution in [-0.4, -0.2) is 4.37 Å². The first-order valence-corrected chi connectivity index (χ1v) is 5.72. The molecule has 0 saturated carbocycles. The molecule has 0 aliphatic rings. The predicted octanol–water partition coefficient (Wildman–Crippen LogP) is 2.49. The van der Waals surface area contributed by atoms with Crippen molar-refractivity contribution < 1.29 is 8.78 Å². The maximum Gasteiger partial charge on any atom is 0.157 e. The Morgan fingerprint density at radius 2 is 2.22 bits per heavy atom. The first-order chi connectivity index (χ1) is 8.61. The molecule has 0 aliphatic heterocycles. The van der Waals surface area contributed by atoms with Crippen molar-refractivity contribution >= 4 is 22.4 Å². The van der Waals surface area contributed by atoms with E-state index in [0.717, 1.165) is 29.7 Å². The number of nitrogen functional groups attached to an aromatic ring is 1. The molecule has 1 aromatic carbocycles. The van der Waals surface area contributed by atoms with Crippen LogP contribution < -0.4 is 11.1 Å². The van der Waals surface area contributed by atoms with Gasteiger partial charge in [-0.15, -0.1) is 0 Å². The first kappa shape index (κ1) is 12.3. The second-order valence-electron chi connectivity index (χ2n) is 3.47. The number of nitrogens with two attached hydrogens (primary N) is 1. The number of halogens is 2. The number of benzene rings is 1. The number of hydrogen-bond donors (Lipinski definition) is 2. The van der Waals surface area contributed by atoms with Crippen molar-refractivity contribution in [1.29, 1.82) is 5.26 Å². The molecule has 0 radical (unpaired) electrons. The van der Waals surface area contributed by atoms with E-state index in [0.29, 0.717) is 5.00 Å². The van der Waals surface area contributed by atoms with Gasteiger partial charge in [0.1, 0.15) is 28.3 Å². The van der Waals surface area contributed by atoms with Gasteiger partial charge in [-0.25, -0.2) is 8.78 Å². The van der Waals surface area contributed by atoms with E-state index in [2.05, 4.69) is 9.69 Å². The summed E-state index contributed by atoms with van der Waals surface area (Å²) in [6, 6.07) is 5.09. The lowest BCUT2D eigenvalue weighted by Gasteiger charge is -2.05. The minimum Gasteiger partial charge on any atom is -0.382 e. The highest BCUT2D eigenvalue weighted by molar-refractivity contribution is 7.10. The quantitative estimate of drug-likeness (QED) is 0.895. The van der Waals surface area contributed by atoms with E-state index in [9.17, 15) is 8.78 Å². The van der Waals surface area contributed by atoms with Crippen LogP contribution in [0.25, 0.3) is 0 Å². The van der Waals surface area contributed by atoms with Gasteiger partial charge < -0.3 is 11.1 Å². The molecule has 7 heteroatoms. The van der Waals surface area contributed by atoms with E-state index in [4.69, 9.17) is 11.0 Å². The van der Waals surface area contributed by atoms with Gasteiger partial charge in [0.25, 0.3) is 0 Å². The van der Waals surface area contributed by atoms with Crippen LogP contribution in [0.4, 0.5) is 19.6 Å². The van der Waals surface area contributed by atoms with Gasteiger partial charge >= 0.3 is 0 Å². The number of nitriles is 1. The average molecular weight is 266 g/mol. The Labute approximate surface area is 106 Å². The van der Waals surface area contributed by atoms with Gasteiger partial charge in [-0.05, 0) is 29.7 Å². The van der Waals surface area contributed by atoms with Crippen molar-refractivity contribution in [1.82, 2.24) is 4.37 Å². The summed E-state index contributed by atoms with van der Waals surface area (Å²) in [5.41, 5.74) is 5.87. The molecule has 92 valence electrons. The van der Waals surface area contributed by atoms with Gasteiger partial charge in [0.2, 0.25) is 0 Å². The smallest absolute Gasteiger partial charge is 0.157 e. The largest absolute Gasteiger partial charge is 0.382 e. The van der Waals surface area contributed by atoms with Gasteiger partial charge in [0.05, 0.1) is 0 Å². The van der Waals surface area contributed by atoms with Crippen molar-refractivity contribution in [3.8, 4) is 6.07 Å². The molecule has 2 aromatic rings.